The van der Waals surface area contributed by atoms with E-state index in [1.54, 1.807) is 0 Å². The van der Waals surface area contributed by atoms with Gasteiger partial charge in [0.25, 0.3) is 0 Å². The minimum absolute atomic E-state index is 0.0697. The fraction of sp³-hybridized carbons (Fsp3) is 0.667. The first-order valence-corrected chi connectivity index (χ1v) is 5.02. The van der Waals surface area contributed by atoms with Crippen molar-refractivity contribution in [3.63, 3.8) is 0 Å². The molecule has 1 saturated heterocycles. The number of aliphatic hydroxyl groups excluding tert-OH is 1. The number of carbonyl (C=O) groups excluding carboxylic acids is 2. The van der Waals surface area contributed by atoms with Gasteiger partial charge in [0.15, 0.2) is 0 Å². The van der Waals surface area contributed by atoms with Crippen LogP contribution in [-0.2, 0) is 19.1 Å². The SMILES string of the molecule is NC1CC(=O)N(C(CCOCO)C(=O)O)C1=O. The number of nitrogens with zero attached hydrogens (tertiary/aromatic N) is 1. The van der Waals surface area contributed by atoms with Gasteiger partial charge in [-0.25, -0.2) is 4.79 Å². The van der Waals surface area contributed by atoms with E-state index in [0.29, 0.717) is 4.90 Å². The van der Waals surface area contributed by atoms with Crippen molar-refractivity contribution >= 4 is 17.8 Å². The fourth-order valence-electron chi connectivity index (χ4n) is 1.63. The number of carbonyl (C=O) groups is 3. The van der Waals surface area contributed by atoms with Crippen LogP contribution in [0.2, 0.25) is 0 Å². The molecule has 17 heavy (non-hydrogen) atoms. The molecule has 0 aromatic heterocycles. The minimum atomic E-state index is -1.30. The van der Waals surface area contributed by atoms with Crippen molar-refractivity contribution in [3.8, 4) is 0 Å². The van der Waals surface area contributed by atoms with Crippen LogP contribution in [0.5, 0.6) is 0 Å². The number of aliphatic hydroxyl groups is 1. The van der Waals surface area contributed by atoms with Crippen LogP contribution in [0.3, 0.4) is 0 Å². The third-order valence-electron chi connectivity index (χ3n) is 2.44. The normalized spacial score (nSPS) is 22.0. The van der Waals surface area contributed by atoms with Gasteiger partial charge >= 0.3 is 5.97 Å². The van der Waals surface area contributed by atoms with E-state index >= 15 is 0 Å². The van der Waals surface area contributed by atoms with Crippen LogP contribution >= 0.6 is 0 Å². The summed E-state index contributed by atoms with van der Waals surface area (Å²) < 4.78 is 4.58. The van der Waals surface area contributed by atoms with Crippen LogP contribution in [-0.4, -0.2) is 58.4 Å². The van der Waals surface area contributed by atoms with Crippen molar-refractivity contribution in [2.45, 2.75) is 24.9 Å². The molecule has 0 aromatic rings. The molecule has 96 valence electrons. The largest absolute Gasteiger partial charge is 0.480 e. The minimum Gasteiger partial charge on any atom is -0.480 e. The van der Waals surface area contributed by atoms with Crippen molar-refractivity contribution in [2.75, 3.05) is 13.4 Å². The number of amides is 2. The van der Waals surface area contributed by atoms with Crippen LogP contribution < -0.4 is 5.73 Å². The van der Waals surface area contributed by atoms with Gasteiger partial charge in [-0.1, -0.05) is 0 Å². The lowest BCUT2D eigenvalue weighted by Gasteiger charge is -2.22. The Balaban J connectivity index is 2.73. The number of hydrogen-bond donors (Lipinski definition) is 3. The summed E-state index contributed by atoms with van der Waals surface area (Å²) in [5.41, 5.74) is 5.38. The van der Waals surface area contributed by atoms with Gasteiger partial charge in [-0.15, -0.1) is 0 Å². The van der Waals surface area contributed by atoms with Gasteiger partial charge in [-0.05, 0) is 0 Å². The lowest BCUT2D eigenvalue weighted by atomic mass is 10.2. The van der Waals surface area contributed by atoms with Gasteiger partial charge in [-0.2, -0.15) is 0 Å². The lowest BCUT2D eigenvalue weighted by molar-refractivity contribution is -0.155. The molecule has 0 saturated carbocycles. The van der Waals surface area contributed by atoms with Crippen LogP contribution in [0, 0.1) is 0 Å². The Morgan fingerprint density at radius 2 is 2.24 bits per heavy atom. The van der Waals surface area contributed by atoms with Crippen molar-refractivity contribution < 1.29 is 29.3 Å². The van der Waals surface area contributed by atoms with Crippen LogP contribution in [0.1, 0.15) is 12.8 Å². The Bertz CT molecular complexity index is 331. The van der Waals surface area contributed by atoms with Gasteiger partial charge in [-0.3, -0.25) is 14.5 Å². The molecule has 0 aliphatic carbocycles. The number of nitrogens with two attached hydrogens (primary N) is 1. The molecule has 8 heteroatoms. The zero-order valence-electron chi connectivity index (χ0n) is 9.04. The molecule has 1 fully saturated rings. The molecule has 0 aromatic carbocycles. The molecule has 1 aliphatic heterocycles. The summed E-state index contributed by atoms with van der Waals surface area (Å²) in [6.07, 6.45) is -0.260. The number of likely N-dealkylation sites (tertiary alicyclic amines) is 1. The molecule has 2 unspecified atom stereocenters. The molecular formula is C9H14N2O6. The van der Waals surface area contributed by atoms with Crippen LogP contribution in [0.15, 0.2) is 0 Å². The number of aliphatic carboxylic acids is 1. The molecule has 8 nitrogen and oxygen atoms in total. The quantitative estimate of drug-likeness (QED) is 0.277. The Morgan fingerprint density at radius 3 is 2.65 bits per heavy atom. The van der Waals surface area contributed by atoms with Crippen LogP contribution in [0.25, 0.3) is 0 Å². The average molecular weight is 246 g/mol. The first kappa shape index (κ1) is 13.6. The molecule has 1 heterocycles. The number of carboxylic acid groups (broad SMARTS) is 1. The summed E-state index contributed by atoms with van der Waals surface area (Å²) in [5, 5.41) is 17.3. The van der Waals surface area contributed by atoms with Crippen molar-refractivity contribution in [3.05, 3.63) is 0 Å². The van der Waals surface area contributed by atoms with E-state index in [9.17, 15) is 14.4 Å². The third kappa shape index (κ3) is 2.99. The summed E-state index contributed by atoms with van der Waals surface area (Å²) in [4.78, 5) is 34.6. The van der Waals surface area contributed by atoms with Gasteiger partial charge in [0.05, 0.1) is 19.1 Å². The Kier molecular flexibility index (Phi) is 4.55. The van der Waals surface area contributed by atoms with Gasteiger partial charge in [0.1, 0.15) is 12.8 Å². The maximum atomic E-state index is 11.5. The monoisotopic (exact) mass is 246 g/mol. The van der Waals surface area contributed by atoms with E-state index < -0.39 is 36.7 Å². The Morgan fingerprint density at radius 1 is 1.59 bits per heavy atom. The average Bonchev–Trinajstić information content (AvgIpc) is 2.49. The van der Waals surface area contributed by atoms with Gasteiger partial charge in [0, 0.05) is 6.42 Å². The molecule has 0 radical (unpaired) electrons. The number of ether oxygens (including phenoxy) is 1. The second kappa shape index (κ2) is 5.71. The summed E-state index contributed by atoms with van der Waals surface area (Å²) in [5.74, 6) is -2.59. The maximum Gasteiger partial charge on any atom is 0.327 e. The fourth-order valence-corrected chi connectivity index (χ4v) is 1.63. The molecule has 1 rings (SSSR count). The number of hydrogen-bond acceptors (Lipinski definition) is 6. The highest BCUT2D eigenvalue weighted by molar-refractivity contribution is 6.07. The first-order chi connectivity index (χ1) is 7.99. The topological polar surface area (TPSA) is 130 Å². The summed E-state index contributed by atoms with van der Waals surface area (Å²) >= 11 is 0. The van der Waals surface area contributed by atoms with Crippen molar-refractivity contribution in [1.82, 2.24) is 4.90 Å². The predicted molar refractivity (Wildman–Crippen MR) is 53.5 cm³/mol. The highest BCUT2D eigenvalue weighted by Gasteiger charge is 2.43. The molecular weight excluding hydrogens is 232 g/mol. The standard InChI is InChI=1S/C9H14N2O6/c10-5-3-7(13)11(8(5)14)6(9(15)16)1-2-17-4-12/h5-6,12H,1-4,10H2,(H,15,16). The molecule has 0 spiro atoms. The first-order valence-electron chi connectivity index (χ1n) is 5.02. The predicted octanol–water partition coefficient (Wildman–Crippen LogP) is -2.12. The number of carboxylic acids is 1. The Labute approximate surface area is 96.9 Å². The van der Waals surface area contributed by atoms with E-state index in [0.717, 1.165) is 0 Å². The molecule has 2 atom stereocenters. The van der Waals surface area contributed by atoms with Gasteiger partial charge < -0.3 is 20.7 Å². The zero-order valence-corrected chi connectivity index (χ0v) is 9.04. The third-order valence-corrected chi connectivity index (χ3v) is 2.44. The van der Waals surface area contributed by atoms with Gasteiger partial charge in [0.2, 0.25) is 11.8 Å². The highest BCUT2D eigenvalue weighted by atomic mass is 16.6. The summed E-state index contributed by atoms with van der Waals surface area (Å²) in [6, 6.07) is -2.27. The summed E-state index contributed by atoms with van der Waals surface area (Å²) in [7, 11) is 0. The second-order valence-corrected chi connectivity index (χ2v) is 3.59. The van der Waals surface area contributed by atoms with E-state index in [1.807, 2.05) is 0 Å². The smallest absolute Gasteiger partial charge is 0.327 e. The lowest BCUT2D eigenvalue weighted by Crippen LogP contribution is -2.47. The second-order valence-electron chi connectivity index (χ2n) is 3.59. The van der Waals surface area contributed by atoms with E-state index in [1.165, 1.54) is 0 Å². The molecule has 0 bridgehead atoms. The van der Waals surface area contributed by atoms with Crippen molar-refractivity contribution in [2.24, 2.45) is 5.73 Å². The Hall–Kier alpha value is -1.51. The van der Waals surface area contributed by atoms with E-state index in [2.05, 4.69) is 4.74 Å². The molecule has 4 N–H and O–H groups in total. The van der Waals surface area contributed by atoms with E-state index in [-0.39, 0.29) is 19.4 Å². The summed E-state index contributed by atoms with van der Waals surface area (Å²) in [6.45, 7) is -0.618. The highest BCUT2D eigenvalue weighted by Crippen LogP contribution is 2.17. The maximum absolute atomic E-state index is 11.5. The van der Waals surface area contributed by atoms with E-state index in [4.69, 9.17) is 15.9 Å². The van der Waals surface area contributed by atoms with Crippen LogP contribution in [0.4, 0.5) is 0 Å². The van der Waals surface area contributed by atoms with Crippen molar-refractivity contribution in [1.29, 1.82) is 0 Å². The molecule has 1 aliphatic rings. The molecule has 2 amide bonds. The number of imide groups is 1. The zero-order chi connectivity index (χ0) is 13.0. The number of rotatable bonds is 6.